The maximum Gasteiger partial charge on any atom is 0.224 e. The molecule has 11 saturated heterocycles. The Bertz CT molecular complexity index is 3300. The normalized spacial score (nSPS) is 52.8. The van der Waals surface area contributed by atoms with Gasteiger partial charge >= 0.3 is 0 Å². The zero-order chi connectivity index (χ0) is 89.9. The van der Waals surface area contributed by atoms with Gasteiger partial charge in [0.05, 0.1) is 72.7 Å². The van der Waals surface area contributed by atoms with Crippen molar-refractivity contribution in [2.45, 2.75) is 272 Å². The van der Waals surface area contributed by atoms with Crippen LogP contribution in [0.2, 0.25) is 0 Å². The summed E-state index contributed by atoms with van der Waals surface area (Å²) in [6.07, 6.45) is -76.8. The van der Waals surface area contributed by atoms with Gasteiger partial charge in [-0.15, -0.1) is 0 Å². The second-order valence-corrected chi connectivity index (χ2v) is 31.4. The minimum absolute atomic E-state index is 0.896. The van der Waals surface area contributed by atoms with Gasteiger partial charge in [0, 0.05) is 0 Å². The van der Waals surface area contributed by atoms with E-state index in [2.05, 4.69) is 0 Å². The number of hydrogen-bond acceptors (Lipinski definition) is 56. The molecule has 11 fully saturated rings. The Morgan fingerprint density at radius 1 is 0.172 bits per heavy atom. The monoisotopic (exact) mass is 1800 g/mol. The molecule has 56 nitrogen and oxygen atoms in total. The van der Waals surface area contributed by atoms with Gasteiger partial charge in [-0.3, -0.25) is 0 Å². The van der Waals surface area contributed by atoms with Crippen molar-refractivity contribution in [1.29, 1.82) is 0 Å². The maximum absolute atomic E-state index is 12.5. The van der Waals surface area contributed by atoms with Gasteiger partial charge in [0.1, 0.15) is 274 Å². The van der Waals surface area contributed by atoms with E-state index in [1.54, 1.807) is 0 Å². The highest BCUT2D eigenvalue weighted by atomic mass is 16.9. The van der Waals surface area contributed by atoms with Crippen LogP contribution >= 0.6 is 0 Å². The smallest absolute Gasteiger partial charge is 0.224 e. The number of hydrogen-bond donors (Lipinski definition) is 35. The largest absolute Gasteiger partial charge is 0.394 e. The van der Waals surface area contributed by atoms with Gasteiger partial charge in [-0.1, -0.05) is 0 Å². The molecule has 11 heterocycles. The van der Waals surface area contributed by atoms with Crippen molar-refractivity contribution in [1.82, 2.24) is 0 Å². The number of aliphatic hydroxyl groups is 35. The molecule has 712 valence electrons. The van der Waals surface area contributed by atoms with Gasteiger partial charge in [-0.2, -0.15) is 0 Å². The number of aliphatic hydroxyl groups excluding tert-OH is 35. The first-order valence-corrected chi connectivity index (χ1v) is 38.4. The van der Waals surface area contributed by atoms with Crippen LogP contribution in [0.15, 0.2) is 0 Å². The molecule has 0 radical (unpaired) electrons. The molecule has 45 atom stereocenters. The lowest BCUT2D eigenvalue weighted by Crippen LogP contribution is -2.64. The number of ether oxygens (including phenoxy) is 21. The SMILES string of the molecule is OCC1O[C@H](O[C@]2(CO[C@]3(CO[C@]4(CO[C@]5(CO[C@]6(CO[C@]7(CO)O[C@H](CO)[C@H](O)C7O)O[C@H](CO)[C@H](O)C6O)O[C@H](CO[C@]6(CO)O[C@H](CO[C@]7(CO)O[C@H](CO)[C@H](O)C7O)[C@H](O)C6O)[C@H](O)C5O)O[C@H](CO)[C@H](O)C4O)O[C@H](CO)[C@H](O)C3O)O[C@H](CO[C@]3(CO)O[C@H](CO[C@]4(CO)O[C@H](CO)[C@H](O)C4O)[C@H](O)C3O)[C@H](O)C2O)C(O)[C@H](O)[C@@H]1O. The summed E-state index contributed by atoms with van der Waals surface area (Å²) in [5, 5.41) is 386. The van der Waals surface area contributed by atoms with Gasteiger partial charge in [0.25, 0.3) is 0 Å². The standard InChI is InChI=1S/C66H112O56/c67-1-22-33(79)44(90)45(91)56(111-22)122-66(55(101)43(89)32(121-66)11-105-60(15-77)50(96)41(87)30(119-60)9-103-58(13-75)47(93)35(81)24(3-69)113-58)21-110-64(53(99)39(85)28(7-73)117-64)19-107-63(52(98)38(84)27(6-72)116-63)18-109-65(20-108-62(51(97)37(83)26(5-71)115-62)17-106-61(16-78)48(94)36(82)25(4-70)114-61)54(100)42(88)31(120-65)10-104-59(14-76)49(95)40(86)29(118-59)8-102-57(12-74)46(92)34(80)23(2-68)112-57/h22-56,67-101H,1-21H2/t22?,23-,24-,25-,26-,27-,28-,29-,30-,31-,32-,33-,34+,35+,36+,37+,38+,39+,40+,41+,42+,43+,44-,45?,46?,47?,48?,49?,50?,51?,52?,53?,54?,55?,56-,57-,58-,59-,60-,61-,62-,63-,64-,65-,66+/m1/s1. The van der Waals surface area contributed by atoms with E-state index in [1.807, 2.05) is 0 Å². The Labute approximate surface area is 687 Å². The molecular formula is C66H112O56. The summed E-state index contributed by atoms with van der Waals surface area (Å²) in [6.45, 7) is -27.2. The molecule has 0 saturated carbocycles. The summed E-state index contributed by atoms with van der Waals surface area (Å²) in [7, 11) is 0. The van der Waals surface area contributed by atoms with Gasteiger partial charge in [0.15, 0.2) is 6.29 Å². The minimum Gasteiger partial charge on any atom is -0.394 e. The highest BCUT2D eigenvalue weighted by Gasteiger charge is 2.70. The molecule has 0 aliphatic carbocycles. The lowest BCUT2D eigenvalue weighted by molar-refractivity contribution is -0.408. The molecule has 35 N–H and O–H groups in total. The van der Waals surface area contributed by atoms with Crippen LogP contribution in [-0.4, -0.2) is 589 Å². The molecule has 0 bridgehead atoms. The van der Waals surface area contributed by atoms with Crippen LogP contribution in [0.25, 0.3) is 0 Å². The summed E-state index contributed by atoms with van der Waals surface area (Å²) < 4.78 is 122. The van der Waals surface area contributed by atoms with Crippen LogP contribution in [0.1, 0.15) is 0 Å². The van der Waals surface area contributed by atoms with Crippen LogP contribution in [0.3, 0.4) is 0 Å². The van der Waals surface area contributed by atoms with Crippen molar-refractivity contribution in [3.05, 3.63) is 0 Å². The highest BCUT2D eigenvalue weighted by molar-refractivity contribution is 5.10. The van der Waals surface area contributed by atoms with E-state index in [4.69, 9.17) is 99.5 Å². The molecule has 0 aromatic heterocycles. The fraction of sp³-hybridized carbons (Fsp3) is 1.00. The average molecular weight is 1800 g/mol. The zero-order valence-electron chi connectivity index (χ0n) is 64.3. The van der Waals surface area contributed by atoms with E-state index < -0.39 is 410 Å². The zero-order valence-corrected chi connectivity index (χ0v) is 64.3. The molecule has 56 heteroatoms. The number of rotatable bonds is 41. The molecule has 11 rings (SSSR count). The predicted octanol–water partition coefficient (Wildman–Crippen LogP) is -25.0. The first-order chi connectivity index (χ1) is 57.6. The van der Waals surface area contributed by atoms with Crippen LogP contribution in [-0.2, 0) is 99.5 Å². The molecule has 0 aromatic rings. The summed E-state index contributed by atoms with van der Waals surface area (Å²) >= 11 is 0. The lowest BCUT2D eigenvalue weighted by atomic mass is 9.99. The molecule has 0 amide bonds. The fourth-order valence-electron chi connectivity index (χ4n) is 16.2. The summed E-state index contributed by atoms with van der Waals surface area (Å²) in [5.41, 5.74) is 0. The molecule has 0 aromatic carbocycles. The summed E-state index contributed by atoms with van der Waals surface area (Å²) in [5.74, 6) is -30.0. The minimum atomic E-state index is -3.37. The molecule has 11 aliphatic rings. The Balaban J connectivity index is 0.909. The quantitative estimate of drug-likeness (QED) is 0.0270. The van der Waals surface area contributed by atoms with Crippen LogP contribution < -0.4 is 0 Å². The van der Waals surface area contributed by atoms with Crippen LogP contribution in [0.4, 0.5) is 0 Å². The third-order valence-electron chi connectivity index (χ3n) is 24.0. The van der Waals surface area contributed by atoms with Gasteiger partial charge in [-0.05, 0) is 0 Å². The van der Waals surface area contributed by atoms with Crippen molar-refractivity contribution < 1.29 is 278 Å². The van der Waals surface area contributed by atoms with Gasteiger partial charge < -0.3 is 278 Å². The van der Waals surface area contributed by atoms with Crippen LogP contribution in [0.5, 0.6) is 0 Å². The second-order valence-electron chi connectivity index (χ2n) is 31.4. The first kappa shape index (κ1) is 100. The van der Waals surface area contributed by atoms with Crippen molar-refractivity contribution in [3.63, 3.8) is 0 Å². The van der Waals surface area contributed by atoms with E-state index >= 15 is 0 Å². The van der Waals surface area contributed by atoms with Crippen molar-refractivity contribution in [3.8, 4) is 0 Å². The van der Waals surface area contributed by atoms with Crippen molar-refractivity contribution in [2.24, 2.45) is 0 Å². The molecule has 0 spiro atoms. The van der Waals surface area contributed by atoms with E-state index in [0.717, 1.165) is 0 Å². The maximum atomic E-state index is 12.5. The fourth-order valence-corrected chi connectivity index (χ4v) is 16.2. The van der Waals surface area contributed by atoms with E-state index in [-0.39, 0.29) is 0 Å². The Morgan fingerprint density at radius 2 is 0.344 bits per heavy atom. The van der Waals surface area contributed by atoms with Crippen LogP contribution in [0, 0.1) is 0 Å². The Morgan fingerprint density at radius 3 is 0.574 bits per heavy atom. The van der Waals surface area contributed by atoms with Crippen molar-refractivity contribution in [2.75, 3.05) is 139 Å². The van der Waals surface area contributed by atoms with Gasteiger partial charge in [0.2, 0.25) is 57.9 Å². The molecule has 11 aliphatic heterocycles. The third-order valence-corrected chi connectivity index (χ3v) is 24.0. The summed E-state index contributed by atoms with van der Waals surface area (Å²) in [6, 6.07) is 0. The summed E-state index contributed by atoms with van der Waals surface area (Å²) in [4.78, 5) is 0. The van der Waals surface area contributed by atoms with E-state index in [0.29, 0.717) is 0 Å². The van der Waals surface area contributed by atoms with Gasteiger partial charge in [-0.25, -0.2) is 0 Å². The van der Waals surface area contributed by atoms with Crippen molar-refractivity contribution >= 4 is 0 Å². The molecular weight excluding hydrogens is 1690 g/mol. The average Bonchev–Trinajstić information content (AvgIpc) is 1.58. The van der Waals surface area contributed by atoms with E-state index in [1.165, 1.54) is 0 Å². The topological polar surface area (TPSA) is 902 Å². The first-order valence-electron chi connectivity index (χ1n) is 38.4. The predicted molar refractivity (Wildman–Crippen MR) is 363 cm³/mol. The van der Waals surface area contributed by atoms with E-state index in [9.17, 15) is 179 Å². The Hall–Kier alpha value is -2.24. The molecule has 12 unspecified atom stereocenters. The molecule has 122 heavy (non-hydrogen) atoms. The second kappa shape index (κ2) is 39.3. The Kier molecular flexibility index (Phi) is 32.3. The lowest BCUT2D eigenvalue weighted by Gasteiger charge is -2.45. The highest BCUT2D eigenvalue weighted by Crippen LogP contribution is 2.48. The third kappa shape index (κ3) is 17.7.